The van der Waals surface area contributed by atoms with Crippen LogP contribution in [0, 0.1) is 5.92 Å². The highest BCUT2D eigenvalue weighted by atomic mass is 32.2. The summed E-state index contributed by atoms with van der Waals surface area (Å²) in [6.07, 6.45) is 0. The zero-order chi connectivity index (χ0) is 9.80. The summed E-state index contributed by atoms with van der Waals surface area (Å²) in [4.78, 5) is 8.66. The Morgan fingerprint density at radius 2 is 2.57 bits per heavy atom. The first-order valence-electron chi connectivity index (χ1n) is 4.63. The molecule has 0 spiro atoms. The number of amidine groups is 1. The van der Waals surface area contributed by atoms with Crippen LogP contribution in [0.1, 0.15) is 12.6 Å². The van der Waals surface area contributed by atoms with Gasteiger partial charge in [0.1, 0.15) is 0 Å². The Labute approximate surface area is 92.0 Å². The lowest BCUT2D eigenvalue weighted by Gasteiger charge is -2.17. The number of thiazole rings is 1. The zero-order valence-electron chi connectivity index (χ0n) is 8.06. The average molecular weight is 227 g/mol. The molecular weight excluding hydrogens is 214 g/mol. The maximum Gasteiger partial charge on any atom is 0.156 e. The van der Waals surface area contributed by atoms with Gasteiger partial charge in [-0.25, -0.2) is 4.98 Å². The molecular formula is C9H13N3S2. The molecule has 0 fully saturated rings. The molecule has 3 nitrogen and oxygen atoms in total. The molecule has 2 rings (SSSR count). The van der Waals surface area contributed by atoms with E-state index in [4.69, 9.17) is 0 Å². The second kappa shape index (κ2) is 4.79. The molecule has 1 N–H and O–H groups in total. The molecule has 0 saturated carbocycles. The predicted octanol–water partition coefficient (Wildman–Crippen LogP) is 1.97. The van der Waals surface area contributed by atoms with Crippen LogP contribution in [0.2, 0.25) is 0 Å². The average Bonchev–Trinajstić information content (AvgIpc) is 2.70. The molecule has 0 aliphatic carbocycles. The monoisotopic (exact) mass is 227 g/mol. The predicted molar refractivity (Wildman–Crippen MR) is 62.9 cm³/mol. The van der Waals surface area contributed by atoms with Gasteiger partial charge in [-0.1, -0.05) is 18.7 Å². The van der Waals surface area contributed by atoms with Gasteiger partial charge in [0.05, 0.1) is 17.7 Å². The molecule has 1 aliphatic heterocycles. The minimum atomic E-state index is 0.713. The van der Waals surface area contributed by atoms with Crippen molar-refractivity contribution in [2.24, 2.45) is 10.9 Å². The molecule has 1 unspecified atom stereocenters. The summed E-state index contributed by atoms with van der Waals surface area (Å²) in [6.45, 7) is 3.98. The third-order valence-electron chi connectivity index (χ3n) is 1.96. The van der Waals surface area contributed by atoms with E-state index in [2.05, 4.69) is 27.6 Å². The van der Waals surface area contributed by atoms with E-state index in [1.165, 1.54) is 5.75 Å². The van der Waals surface area contributed by atoms with Gasteiger partial charge >= 0.3 is 0 Å². The van der Waals surface area contributed by atoms with Gasteiger partial charge in [0.25, 0.3) is 0 Å². The van der Waals surface area contributed by atoms with E-state index in [-0.39, 0.29) is 0 Å². The van der Waals surface area contributed by atoms with Gasteiger partial charge in [0.2, 0.25) is 0 Å². The first-order chi connectivity index (χ1) is 6.84. The molecule has 14 heavy (non-hydrogen) atoms. The van der Waals surface area contributed by atoms with Crippen molar-refractivity contribution in [3.63, 3.8) is 0 Å². The normalized spacial score (nSPS) is 21.8. The number of nitrogens with one attached hydrogen (secondary N) is 1. The highest BCUT2D eigenvalue weighted by Crippen LogP contribution is 2.15. The Balaban J connectivity index is 1.81. The van der Waals surface area contributed by atoms with E-state index in [9.17, 15) is 0 Å². The molecule has 5 heteroatoms. The Morgan fingerprint density at radius 1 is 1.64 bits per heavy atom. The zero-order valence-corrected chi connectivity index (χ0v) is 9.70. The number of thioether (sulfide) groups is 1. The largest absolute Gasteiger partial charge is 0.359 e. The van der Waals surface area contributed by atoms with Gasteiger partial charge in [0, 0.05) is 17.7 Å². The standard InChI is InChI=1S/C9H13N3S2/c1-7-2-10-9(14-4-7)11-3-8-5-13-6-12-8/h5-7H,2-4H2,1H3,(H,10,11). The Kier molecular flexibility index (Phi) is 3.42. The van der Waals surface area contributed by atoms with E-state index in [0.717, 1.165) is 24.0 Å². The maximum absolute atomic E-state index is 4.45. The second-order valence-electron chi connectivity index (χ2n) is 3.40. The molecule has 1 aromatic rings. The summed E-state index contributed by atoms with van der Waals surface area (Å²) >= 11 is 3.44. The van der Waals surface area contributed by atoms with Crippen molar-refractivity contribution in [3.05, 3.63) is 16.6 Å². The van der Waals surface area contributed by atoms with Crippen molar-refractivity contribution >= 4 is 28.3 Å². The maximum atomic E-state index is 4.45. The first-order valence-corrected chi connectivity index (χ1v) is 6.55. The molecule has 1 atom stereocenters. The SMILES string of the molecule is CC1CN=C(NCc2cscn2)SC1. The van der Waals surface area contributed by atoms with E-state index in [1.54, 1.807) is 11.3 Å². The second-order valence-corrected chi connectivity index (χ2v) is 5.12. The van der Waals surface area contributed by atoms with Gasteiger partial charge in [0.15, 0.2) is 5.17 Å². The van der Waals surface area contributed by atoms with Crippen molar-refractivity contribution < 1.29 is 0 Å². The van der Waals surface area contributed by atoms with E-state index >= 15 is 0 Å². The number of aromatic nitrogens is 1. The lowest BCUT2D eigenvalue weighted by atomic mass is 10.2. The van der Waals surface area contributed by atoms with Crippen molar-refractivity contribution in [1.29, 1.82) is 0 Å². The number of nitrogens with zero attached hydrogens (tertiary/aromatic N) is 2. The molecule has 1 aliphatic rings. The minimum Gasteiger partial charge on any atom is -0.359 e. The third-order valence-corrected chi connectivity index (χ3v) is 3.87. The van der Waals surface area contributed by atoms with Crippen molar-refractivity contribution in [2.75, 3.05) is 12.3 Å². The minimum absolute atomic E-state index is 0.713. The number of aliphatic imine (C=N–C) groups is 1. The molecule has 0 aromatic carbocycles. The lowest BCUT2D eigenvalue weighted by molar-refractivity contribution is 0.668. The highest BCUT2D eigenvalue weighted by Gasteiger charge is 2.11. The van der Waals surface area contributed by atoms with Crippen LogP contribution in [0.25, 0.3) is 0 Å². The summed E-state index contributed by atoms with van der Waals surface area (Å²) in [6, 6.07) is 0. The third kappa shape index (κ3) is 2.72. The van der Waals surface area contributed by atoms with Crippen LogP contribution in [0.15, 0.2) is 15.9 Å². The summed E-state index contributed by atoms with van der Waals surface area (Å²) < 4.78 is 0. The Morgan fingerprint density at radius 3 is 3.21 bits per heavy atom. The summed E-state index contributed by atoms with van der Waals surface area (Å²) in [5.74, 6) is 1.88. The summed E-state index contributed by atoms with van der Waals surface area (Å²) in [7, 11) is 0. The van der Waals surface area contributed by atoms with Crippen LogP contribution in [0.4, 0.5) is 0 Å². The van der Waals surface area contributed by atoms with Crippen molar-refractivity contribution in [1.82, 2.24) is 10.3 Å². The smallest absolute Gasteiger partial charge is 0.156 e. The molecule has 1 aromatic heterocycles. The fourth-order valence-electron chi connectivity index (χ4n) is 1.16. The van der Waals surface area contributed by atoms with E-state index < -0.39 is 0 Å². The lowest BCUT2D eigenvalue weighted by Crippen LogP contribution is -2.25. The number of hydrogen-bond acceptors (Lipinski definition) is 5. The van der Waals surface area contributed by atoms with Gasteiger partial charge in [-0.05, 0) is 5.92 Å². The highest BCUT2D eigenvalue weighted by molar-refractivity contribution is 8.13. The van der Waals surface area contributed by atoms with Crippen molar-refractivity contribution in [3.8, 4) is 0 Å². The quantitative estimate of drug-likeness (QED) is 0.839. The van der Waals surface area contributed by atoms with Crippen LogP contribution < -0.4 is 5.32 Å². The summed E-state index contributed by atoms with van der Waals surface area (Å²) in [5, 5.41) is 6.43. The van der Waals surface area contributed by atoms with Gasteiger partial charge in [-0.15, -0.1) is 11.3 Å². The number of rotatable bonds is 2. The molecule has 0 amide bonds. The topological polar surface area (TPSA) is 37.3 Å². The fourth-order valence-corrected chi connectivity index (χ4v) is 2.60. The van der Waals surface area contributed by atoms with Crippen LogP contribution in [0.5, 0.6) is 0 Å². The van der Waals surface area contributed by atoms with Gasteiger partial charge in [-0.3, -0.25) is 4.99 Å². The molecule has 76 valence electrons. The molecule has 0 saturated heterocycles. The van der Waals surface area contributed by atoms with Gasteiger partial charge in [-0.2, -0.15) is 0 Å². The molecule has 2 heterocycles. The van der Waals surface area contributed by atoms with Crippen LogP contribution in [-0.4, -0.2) is 22.4 Å². The molecule has 0 bridgehead atoms. The van der Waals surface area contributed by atoms with Crippen LogP contribution >= 0.6 is 23.1 Å². The van der Waals surface area contributed by atoms with E-state index in [1.807, 2.05) is 17.3 Å². The Bertz CT molecular complexity index is 308. The summed E-state index contributed by atoms with van der Waals surface area (Å²) in [5.41, 5.74) is 2.95. The van der Waals surface area contributed by atoms with Crippen molar-refractivity contribution in [2.45, 2.75) is 13.5 Å². The number of hydrogen-bond donors (Lipinski definition) is 1. The van der Waals surface area contributed by atoms with Crippen LogP contribution in [-0.2, 0) is 6.54 Å². The van der Waals surface area contributed by atoms with E-state index in [0.29, 0.717) is 5.92 Å². The van der Waals surface area contributed by atoms with Crippen LogP contribution in [0.3, 0.4) is 0 Å². The first kappa shape index (κ1) is 9.98. The molecule has 0 radical (unpaired) electrons. The fraction of sp³-hybridized carbons (Fsp3) is 0.556. The Hall–Kier alpha value is -0.550. The van der Waals surface area contributed by atoms with Gasteiger partial charge < -0.3 is 5.32 Å².